The molecule has 0 bridgehead atoms. The van der Waals surface area contributed by atoms with Crippen LogP contribution in [0.4, 0.5) is 5.69 Å². The van der Waals surface area contributed by atoms with Crippen LogP contribution in [0.5, 0.6) is 0 Å². The molecule has 0 heterocycles. The van der Waals surface area contributed by atoms with Crippen molar-refractivity contribution in [2.45, 2.75) is 45.8 Å². The van der Waals surface area contributed by atoms with E-state index >= 15 is 0 Å². The van der Waals surface area contributed by atoms with Crippen LogP contribution >= 0.6 is 11.6 Å². The molecule has 18 heavy (non-hydrogen) atoms. The van der Waals surface area contributed by atoms with Gasteiger partial charge in [0.15, 0.2) is 0 Å². The highest BCUT2D eigenvalue weighted by molar-refractivity contribution is 6.31. The standard InChI is InChI=1S/C15H22ClNO/c1-10-5-11(2)7-14(6-10)18-9-12-8-13(17)3-4-15(12)16/h3-4,8,10-11,14H,5-7,9,17H2,1-2H3. The van der Waals surface area contributed by atoms with E-state index in [0.29, 0.717) is 12.7 Å². The molecule has 0 saturated heterocycles. The van der Waals surface area contributed by atoms with Gasteiger partial charge in [-0.1, -0.05) is 25.4 Å². The quantitative estimate of drug-likeness (QED) is 0.831. The molecule has 2 N–H and O–H groups in total. The van der Waals surface area contributed by atoms with Gasteiger partial charge in [0.25, 0.3) is 0 Å². The lowest BCUT2D eigenvalue weighted by atomic mass is 9.82. The van der Waals surface area contributed by atoms with Crippen molar-refractivity contribution in [3.05, 3.63) is 28.8 Å². The van der Waals surface area contributed by atoms with Crippen LogP contribution in [-0.4, -0.2) is 6.10 Å². The molecule has 100 valence electrons. The van der Waals surface area contributed by atoms with E-state index in [4.69, 9.17) is 22.1 Å². The summed E-state index contributed by atoms with van der Waals surface area (Å²) in [4.78, 5) is 0. The van der Waals surface area contributed by atoms with Gasteiger partial charge in [0, 0.05) is 10.7 Å². The molecule has 1 aromatic rings. The molecule has 2 rings (SSSR count). The van der Waals surface area contributed by atoms with Gasteiger partial charge in [-0.05, 0) is 54.9 Å². The second-order valence-corrected chi connectivity index (χ2v) is 6.11. The zero-order valence-electron chi connectivity index (χ0n) is 11.2. The van der Waals surface area contributed by atoms with E-state index in [2.05, 4.69) is 13.8 Å². The fraction of sp³-hybridized carbons (Fsp3) is 0.600. The molecule has 1 aliphatic carbocycles. The summed E-state index contributed by atoms with van der Waals surface area (Å²) in [6.45, 7) is 5.17. The van der Waals surface area contributed by atoms with Gasteiger partial charge in [0.2, 0.25) is 0 Å². The van der Waals surface area contributed by atoms with E-state index in [1.807, 2.05) is 18.2 Å². The number of rotatable bonds is 3. The van der Waals surface area contributed by atoms with Crippen LogP contribution in [0.2, 0.25) is 5.02 Å². The Balaban J connectivity index is 1.92. The van der Waals surface area contributed by atoms with Crippen molar-refractivity contribution < 1.29 is 4.74 Å². The van der Waals surface area contributed by atoms with Gasteiger partial charge in [-0.25, -0.2) is 0 Å². The van der Waals surface area contributed by atoms with E-state index in [0.717, 1.165) is 41.0 Å². The summed E-state index contributed by atoms with van der Waals surface area (Å²) in [5.74, 6) is 1.52. The van der Waals surface area contributed by atoms with E-state index in [9.17, 15) is 0 Å². The SMILES string of the molecule is CC1CC(C)CC(OCc2cc(N)ccc2Cl)C1. The van der Waals surface area contributed by atoms with Gasteiger partial charge in [-0.15, -0.1) is 0 Å². The van der Waals surface area contributed by atoms with E-state index in [1.54, 1.807) is 0 Å². The van der Waals surface area contributed by atoms with Crippen molar-refractivity contribution in [2.24, 2.45) is 11.8 Å². The maximum absolute atomic E-state index is 6.14. The third-order valence-corrected chi connectivity index (χ3v) is 4.05. The number of nitrogens with two attached hydrogens (primary N) is 1. The van der Waals surface area contributed by atoms with Crippen LogP contribution in [0.1, 0.15) is 38.7 Å². The summed E-state index contributed by atoms with van der Waals surface area (Å²) >= 11 is 6.14. The molecule has 0 radical (unpaired) electrons. The summed E-state index contributed by atoms with van der Waals surface area (Å²) in [5.41, 5.74) is 7.49. The fourth-order valence-corrected chi connectivity index (χ4v) is 3.09. The first-order valence-corrected chi connectivity index (χ1v) is 7.08. The lowest BCUT2D eigenvalue weighted by Crippen LogP contribution is -2.26. The molecule has 0 aliphatic heterocycles. The van der Waals surface area contributed by atoms with Crippen LogP contribution in [-0.2, 0) is 11.3 Å². The summed E-state index contributed by atoms with van der Waals surface area (Å²) in [5, 5.41) is 0.737. The zero-order chi connectivity index (χ0) is 13.1. The largest absolute Gasteiger partial charge is 0.399 e. The van der Waals surface area contributed by atoms with Crippen LogP contribution in [0.15, 0.2) is 18.2 Å². The van der Waals surface area contributed by atoms with E-state index < -0.39 is 0 Å². The second-order valence-electron chi connectivity index (χ2n) is 5.70. The number of nitrogen functional groups attached to an aromatic ring is 1. The summed E-state index contributed by atoms with van der Waals surface area (Å²) in [6, 6.07) is 5.55. The Bertz CT molecular complexity index is 397. The summed E-state index contributed by atoms with van der Waals surface area (Å²) in [6.07, 6.45) is 3.99. The highest BCUT2D eigenvalue weighted by Gasteiger charge is 2.24. The van der Waals surface area contributed by atoms with Gasteiger partial charge in [0.1, 0.15) is 0 Å². The molecule has 0 aromatic heterocycles. The molecule has 2 unspecified atom stereocenters. The van der Waals surface area contributed by atoms with Crippen LogP contribution in [0, 0.1) is 11.8 Å². The molecule has 1 fully saturated rings. The summed E-state index contributed by atoms with van der Waals surface area (Å²) < 4.78 is 6.01. The lowest BCUT2D eigenvalue weighted by molar-refractivity contribution is -0.00910. The Labute approximate surface area is 114 Å². The van der Waals surface area contributed by atoms with E-state index in [1.165, 1.54) is 6.42 Å². The van der Waals surface area contributed by atoms with Crippen LogP contribution in [0.3, 0.4) is 0 Å². The Morgan fingerprint density at radius 1 is 1.22 bits per heavy atom. The highest BCUT2D eigenvalue weighted by Crippen LogP contribution is 2.31. The summed E-state index contributed by atoms with van der Waals surface area (Å²) in [7, 11) is 0. The van der Waals surface area contributed by atoms with Crippen LogP contribution in [0.25, 0.3) is 0 Å². The Morgan fingerprint density at radius 3 is 2.56 bits per heavy atom. The van der Waals surface area contributed by atoms with Gasteiger partial charge >= 0.3 is 0 Å². The minimum Gasteiger partial charge on any atom is -0.399 e. The van der Waals surface area contributed by atoms with Gasteiger partial charge in [0.05, 0.1) is 12.7 Å². The Morgan fingerprint density at radius 2 is 1.89 bits per heavy atom. The minimum atomic E-state index is 0.362. The molecule has 1 aliphatic rings. The molecular weight excluding hydrogens is 246 g/mol. The number of benzene rings is 1. The number of hydrogen-bond acceptors (Lipinski definition) is 2. The van der Waals surface area contributed by atoms with Crippen molar-refractivity contribution in [1.82, 2.24) is 0 Å². The molecule has 2 nitrogen and oxygen atoms in total. The predicted octanol–water partition coefficient (Wildman–Crippen LogP) is 4.26. The molecule has 0 spiro atoms. The van der Waals surface area contributed by atoms with Crippen molar-refractivity contribution in [3.63, 3.8) is 0 Å². The van der Waals surface area contributed by atoms with Crippen molar-refractivity contribution >= 4 is 17.3 Å². The predicted molar refractivity (Wildman–Crippen MR) is 76.6 cm³/mol. The molecule has 0 amide bonds. The smallest absolute Gasteiger partial charge is 0.0735 e. The third kappa shape index (κ3) is 3.63. The first-order chi connectivity index (χ1) is 8.54. The van der Waals surface area contributed by atoms with Crippen molar-refractivity contribution in [2.75, 3.05) is 5.73 Å². The first-order valence-electron chi connectivity index (χ1n) is 6.70. The molecule has 1 aromatic carbocycles. The van der Waals surface area contributed by atoms with Gasteiger partial charge in [-0.3, -0.25) is 0 Å². The average Bonchev–Trinajstić information content (AvgIpc) is 2.29. The third-order valence-electron chi connectivity index (χ3n) is 3.68. The zero-order valence-corrected chi connectivity index (χ0v) is 11.9. The molecular formula is C15H22ClNO. The molecule has 2 atom stereocenters. The van der Waals surface area contributed by atoms with E-state index in [-0.39, 0.29) is 0 Å². The maximum Gasteiger partial charge on any atom is 0.0735 e. The minimum absolute atomic E-state index is 0.362. The number of anilines is 1. The monoisotopic (exact) mass is 267 g/mol. The highest BCUT2D eigenvalue weighted by atomic mass is 35.5. The Kier molecular flexibility index (Phi) is 4.52. The van der Waals surface area contributed by atoms with Crippen molar-refractivity contribution in [3.8, 4) is 0 Å². The first kappa shape index (κ1) is 13.7. The average molecular weight is 268 g/mol. The maximum atomic E-state index is 6.14. The van der Waals surface area contributed by atoms with Crippen LogP contribution < -0.4 is 5.73 Å². The molecule has 3 heteroatoms. The Hall–Kier alpha value is -0.730. The van der Waals surface area contributed by atoms with Gasteiger partial charge in [-0.2, -0.15) is 0 Å². The lowest BCUT2D eigenvalue weighted by Gasteiger charge is -2.31. The molecule has 1 saturated carbocycles. The normalized spacial score (nSPS) is 28.3. The van der Waals surface area contributed by atoms with Gasteiger partial charge < -0.3 is 10.5 Å². The topological polar surface area (TPSA) is 35.2 Å². The van der Waals surface area contributed by atoms with Crippen molar-refractivity contribution in [1.29, 1.82) is 0 Å². The number of hydrogen-bond donors (Lipinski definition) is 1. The second kappa shape index (κ2) is 5.94. The number of ether oxygens (including phenoxy) is 1. The fourth-order valence-electron chi connectivity index (χ4n) is 2.92. The number of halogens is 1.